The van der Waals surface area contributed by atoms with E-state index in [1.807, 2.05) is 0 Å². The van der Waals surface area contributed by atoms with Crippen LogP contribution in [0.1, 0.15) is 44.1 Å². The van der Waals surface area contributed by atoms with Crippen molar-refractivity contribution in [1.29, 1.82) is 0 Å². The first kappa shape index (κ1) is 23.4. The lowest BCUT2D eigenvalue weighted by atomic mass is 9.84. The van der Waals surface area contributed by atoms with Gasteiger partial charge in [0, 0.05) is 35.1 Å². The Bertz CT molecular complexity index is 1090. The van der Waals surface area contributed by atoms with Crippen LogP contribution in [0.15, 0.2) is 43.0 Å². The molecule has 2 N–H and O–H groups in total. The third-order valence-electron chi connectivity index (χ3n) is 5.85. The normalized spacial score (nSPS) is 15.2. The smallest absolute Gasteiger partial charge is 0.312 e. The number of benzene rings is 1. The van der Waals surface area contributed by atoms with E-state index >= 15 is 0 Å². The van der Waals surface area contributed by atoms with Gasteiger partial charge in [-0.3, -0.25) is 9.36 Å². The van der Waals surface area contributed by atoms with E-state index in [1.54, 1.807) is 41.2 Å². The maximum atomic E-state index is 14.2. The molecule has 2 heterocycles. The monoisotopic (exact) mass is 490 g/mol. The highest BCUT2D eigenvalue weighted by atomic mass is 35.5. The van der Waals surface area contributed by atoms with Crippen LogP contribution in [0.2, 0.25) is 10.0 Å². The fourth-order valence-corrected chi connectivity index (χ4v) is 4.62. The lowest BCUT2D eigenvalue weighted by Gasteiger charge is -2.27. The summed E-state index contributed by atoms with van der Waals surface area (Å²) in [7, 11) is 0. The number of nitrogens with zero attached hydrogens (tertiary/aromatic N) is 4. The van der Waals surface area contributed by atoms with Crippen LogP contribution in [0.25, 0.3) is 5.82 Å². The number of aromatic nitrogens is 4. The maximum absolute atomic E-state index is 14.2. The van der Waals surface area contributed by atoms with Gasteiger partial charge in [0.05, 0.1) is 0 Å². The molecule has 1 atom stereocenters. The Morgan fingerprint density at radius 2 is 2.00 bits per heavy atom. The van der Waals surface area contributed by atoms with Crippen molar-refractivity contribution in [2.45, 2.75) is 51.1 Å². The number of rotatable bonds is 8. The first-order valence-corrected chi connectivity index (χ1v) is 11.7. The van der Waals surface area contributed by atoms with E-state index in [0.29, 0.717) is 28.2 Å². The highest BCUT2D eigenvalue weighted by molar-refractivity contribution is 6.35. The van der Waals surface area contributed by atoms with Crippen molar-refractivity contribution in [3.8, 4) is 5.82 Å². The van der Waals surface area contributed by atoms with Crippen LogP contribution in [0.3, 0.4) is 0 Å². The second-order valence-electron chi connectivity index (χ2n) is 8.24. The zero-order chi connectivity index (χ0) is 23.2. The summed E-state index contributed by atoms with van der Waals surface area (Å²) in [6, 6.07) is 6.18. The predicted molar refractivity (Wildman–Crippen MR) is 126 cm³/mol. The number of hydrogen-bond donors (Lipinski definition) is 2. The van der Waals surface area contributed by atoms with Gasteiger partial charge in [-0.2, -0.15) is 14.4 Å². The molecule has 3 aromatic rings. The Labute approximate surface area is 201 Å². The Hall–Kier alpha value is -2.71. The van der Waals surface area contributed by atoms with Gasteiger partial charge in [-0.15, -0.1) is 0 Å². The number of halogens is 3. The first-order chi connectivity index (χ1) is 16.0. The van der Waals surface area contributed by atoms with E-state index < -0.39 is 12.1 Å². The fraction of sp³-hybridized carbons (Fsp3) is 0.391. The summed E-state index contributed by atoms with van der Waals surface area (Å²) in [4.78, 5) is 24.8. The molecule has 1 aliphatic rings. The summed E-state index contributed by atoms with van der Waals surface area (Å²) in [6.45, 7) is 0.260. The van der Waals surface area contributed by atoms with Gasteiger partial charge in [0.2, 0.25) is 5.91 Å². The topological polar surface area (TPSA) is 84.7 Å². The summed E-state index contributed by atoms with van der Waals surface area (Å²) >= 11 is 12.2. The highest BCUT2D eigenvalue weighted by Gasteiger charge is 2.25. The SMILES string of the molecule is O=C(NCc1ccc(Cl)cc1Cl)C(CC1CCCCC1)Nc1cc(-n2ccnc2)nc(F)n1. The number of amides is 1. The van der Waals surface area contributed by atoms with E-state index in [9.17, 15) is 9.18 Å². The van der Waals surface area contributed by atoms with E-state index in [-0.39, 0.29) is 18.3 Å². The predicted octanol–water partition coefficient (Wildman–Crippen LogP) is 5.18. The molecule has 1 amide bonds. The molecule has 2 aromatic heterocycles. The van der Waals surface area contributed by atoms with Crippen LogP contribution in [0.4, 0.5) is 10.2 Å². The van der Waals surface area contributed by atoms with Crippen LogP contribution in [0.5, 0.6) is 0 Å². The summed E-state index contributed by atoms with van der Waals surface area (Å²) in [6.07, 6.45) is 10.2. The molecule has 0 radical (unpaired) electrons. The molecule has 33 heavy (non-hydrogen) atoms. The van der Waals surface area contributed by atoms with Gasteiger partial charge in [0.15, 0.2) is 0 Å². The van der Waals surface area contributed by atoms with Crippen LogP contribution in [-0.4, -0.2) is 31.5 Å². The van der Waals surface area contributed by atoms with E-state index in [1.165, 1.54) is 12.7 Å². The molecule has 0 spiro atoms. The molecule has 174 valence electrons. The summed E-state index contributed by atoms with van der Waals surface area (Å²) in [5.41, 5.74) is 0.765. The number of carbonyl (C=O) groups excluding carboxylic acids is 1. The average molecular weight is 491 g/mol. The van der Waals surface area contributed by atoms with Gasteiger partial charge in [-0.1, -0.05) is 61.4 Å². The molecule has 1 saturated carbocycles. The molecule has 10 heteroatoms. The zero-order valence-corrected chi connectivity index (χ0v) is 19.5. The van der Waals surface area contributed by atoms with Crippen molar-refractivity contribution >= 4 is 34.9 Å². The molecular weight excluding hydrogens is 466 g/mol. The second kappa shape index (κ2) is 10.9. The Kier molecular flexibility index (Phi) is 7.77. The number of nitrogens with one attached hydrogen (secondary N) is 2. The zero-order valence-electron chi connectivity index (χ0n) is 18.0. The molecule has 1 aromatic carbocycles. The van der Waals surface area contributed by atoms with Gasteiger partial charge in [-0.05, 0) is 30.0 Å². The Morgan fingerprint density at radius 3 is 2.73 bits per heavy atom. The first-order valence-electron chi connectivity index (χ1n) is 11.0. The van der Waals surface area contributed by atoms with Crippen molar-refractivity contribution in [3.05, 3.63) is 64.7 Å². The van der Waals surface area contributed by atoms with Crippen LogP contribution < -0.4 is 10.6 Å². The van der Waals surface area contributed by atoms with Crippen molar-refractivity contribution < 1.29 is 9.18 Å². The number of hydrogen-bond acceptors (Lipinski definition) is 5. The van der Waals surface area contributed by atoms with E-state index in [2.05, 4.69) is 25.6 Å². The molecule has 1 fully saturated rings. The maximum Gasteiger partial charge on any atom is 0.312 e. The number of anilines is 1. The third kappa shape index (κ3) is 6.42. The van der Waals surface area contributed by atoms with Gasteiger partial charge in [-0.25, -0.2) is 4.98 Å². The average Bonchev–Trinajstić information content (AvgIpc) is 3.33. The Balaban J connectivity index is 1.51. The van der Waals surface area contributed by atoms with Gasteiger partial charge >= 0.3 is 6.08 Å². The molecule has 7 nitrogen and oxygen atoms in total. The second-order valence-corrected chi connectivity index (χ2v) is 9.08. The van der Waals surface area contributed by atoms with Gasteiger partial charge in [0.25, 0.3) is 0 Å². The summed E-state index contributed by atoms with van der Waals surface area (Å²) in [5.74, 6) is 0.787. The van der Waals surface area contributed by atoms with E-state index in [0.717, 1.165) is 31.2 Å². The lowest BCUT2D eigenvalue weighted by Crippen LogP contribution is -2.41. The van der Waals surface area contributed by atoms with Gasteiger partial charge < -0.3 is 10.6 Å². The molecule has 4 rings (SSSR count). The molecule has 1 aliphatic carbocycles. The fourth-order valence-electron chi connectivity index (χ4n) is 4.14. The quantitative estimate of drug-likeness (QED) is 0.425. The summed E-state index contributed by atoms with van der Waals surface area (Å²) < 4.78 is 15.7. The molecule has 0 saturated heterocycles. The minimum Gasteiger partial charge on any atom is -0.358 e. The van der Waals surface area contributed by atoms with E-state index in [4.69, 9.17) is 23.2 Å². The Morgan fingerprint density at radius 1 is 1.18 bits per heavy atom. The van der Waals surface area contributed by atoms with Gasteiger partial charge in [0.1, 0.15) is 24.0 Å². The lowest BCUT2D eigenvalue weighted by molar-refractivity contribution is -0.122. The minimum atomic E-state index is -0.881. The highest BCUT2D eigenvalue weighted by Crippen LogP contribution is 2.28. The molecule has 0 aliphatic heterocycles. The van der Waals surface area contributed by atoms with Crippen LogP contribution >= 0.6 is 23.2 Å². The standard InChI is InChI=1S/C23H25Cl2FN6O/c24-17-7-6-16(18(25)11-17)13-28-22(33)19(10-15-4-2-1-3-5-15)29-20-12-21(31-23(26)30-20)32-9-8-27-14-32/h6-9,11-12,14-15,19H,1-5,10,13H2,(H,28,33)(H,29,30,31). The summed E-state index contributed by atoms with van der Waals surface area (Å²) in [5, 5.41) is 7.10. The van der Waals surface area contributed by atoms with Crippen LogP contribution in [-0.2, 0) is 11.3 Å². The number of carbonyl (C=O) groups is 1. The van der Waals surface area contributed by atoms with Crippen molar-refractivity contribution in [2.24, 2.45) is 5.92 Å². The van der Waals surface area contributed by atoms with Crippen molar-refractivity contribution in [2.75, 3.05) is 5.32 Å². The largest absolute Gasteiger partial charge is 0.358 e. The molecule has 1 unspecified atom stereocenters. The number of imidazole rings is 1. The third-order valence-corrected chi connectivity index (χ3v) is 6.44. The van der Waals surface area contributed by atoms with Crippen molar-refractivity contribution in [1.82, 2.24) is 24.8 Å². The van der Waals surface area contributed by atoms with Crippen molar-refractivity contribution in [3.63, 3.8) is 0 Å². The minimum absolute atomic E-state index is 0.199. The molecule has 0 bridgehead atoms. The van der Waals surface area contributed by atoms with Crippen LogP contribution in [0, 0.1) is 12.0 Å². The molecular formula is C23H25Cl2FN6O.